The molecule has 0 aliphatic heterocycles. The molecule has 3 nitrogen and oxygen atoms in total. The minimum absolute atomic E-state index is 0.0874. The number of hydrogen-bond acceptors (Lipinski definition) is 3. The maximum absolute atomic E-state index is 13.2. The molecule has 0 bridgehead atoms. The molecule has 5 heteroatoms. The molecule has 0 saturated heterocycles. The van der Waals surface area contributed by atoms with Crippen LogP contribution in [0.25, 0.3) is 0 Å². The molecule has 1 heterocycles. The third kappa shape index (κ3) is 3.22. The van der Waals surface area contributed by atoms with Crippen molar-refractivity contribution in [2.75, 3.05) is 7.11 Å². The highest BCUT2D eigenvalue weighted by atomic mass is 35.5. The van der Waals surface area contributed by atoms with E-state index >= 15 is 0 Å². The Morgan fingerprint density at radius 2 is 2.47 bits per heavy atom. The summed E-state index contributed by atoms with van der Waals surface area (Å²) in [5, 5.41) is -0.236. The van der Waals surface area contributed by atoms with Crippen molar-refractivity contribution >= 4 is 17.6 Å². The van der Waals surface area contributed by atoms with E-state index in [0.29, 0.717) is 0 Å². The van der Waals surface area contributed by atoms with Gasteiger partial charge < -0.3 is 4.74 Å². The van der Waals surface area contributed by atoms with E-state index in [4.69, 9.17) is 11.6 Å². The summed E-state index contributed by atoms with van der Waals surface area (Å²) < 4.78 is 17.6. The zero-order chi connectivity index (χ0) is 11.3. The molecule has 0 radical (unpaired) electrons. The molecule has 1 aromatic rings. The second-order valence-electron chi connectivity index (χ2n) is 2.52. The number of pyridine rings is 1. The van der Waals surface area contributed by atoms with Crippen LogP contribution in [0.1, 0.15) is 12.0 Å². The lowest BCUT2D eigenvalue weighted by atomic mass is 10.2. The quantitative estimate of drug-likeness (QED) is 0.417. The highest BCUT2D eigenvalue weighted by molar-refractivity contribution is 6.29. The zero-order valence-corrected chi connectivity index (χ0v) is 8.64. The van der Waals surface area contributed by atoms with E-state index in [2.05, 4.69) is 21.6 Å². The van der Waals surface area contributed by atoms with E-state index in [9.17, 15) is 9.18 Å². The van der Waals surface area contributed by atoms with Gasteiger partial charge in [0.25, 0.3) is 0 Å². The van der Waals surface area contributed by atoms with Gasteiger partial charge in [-0.1, -0.05) is 23.4 Å². The third-order valence-electron chi connectivity index (χ3n) is 1.53. The Hall–Kier alpha value is -1.60. The molecule has 1 rings (SSSR count). The van der Waals surface area contributed by atoms with E-state index in [0.717, 1.165) is 0 Å². The van der Waals surface area contributed by atoms with Crippen molar-refractivity contribution in [3.05, 3.63) is 28.8 Å². The zero-order valence-electron chi connectivity index (χ0n) is 7.88. The summed E-state index contributed by atoms with van der Waals surface area (Å²) in [5.41, 5.74) is 0.110. The average Bonchev–Trinajstić information content (AvgIpc) is 2.24. The number of ether oxygens (including phenoxy) is 1. The largest absolute Gasteiger partial charge is 0.468 e. The first kappa shape index (κ1) is 11.5. The third-order valence-corrected chi connectivity index (χ3v) is 1.79. The predicted octanol–water partition coefficient (Wildman–Crippen LogP) is 1.79. The lowest BCUT2D eigenvalue weighted by Crippen LogP contribution is -1.97. The van der Waals surface area contributed by atoms with E-state index in [-0.39, 0.29) is 17.1 Å². The van der Waals surface area contributed by atoms with Gasteiger partial charge in [-0.3, -0.25) is 4.79 Å². The van der Waals surface area contributed by atoms with Crippen molar-refractivity contribution < 1.29 is 13.9 Å². The van der Waals surface area contributed by atoms with Crippen LogP contribution >= 0.6 is 11.6 Å². The Bertz CT molecular complexity index is 437. The van der Waals surface area contributed by atoms with E-state index in [1.165, 1.54) is 19.4 Å². The predicted molar refractivity (Wildman–Crippen MR) is 52.7 cm³/mol. The second kappa shape index (κ2) is 5.32. The van der Waals surface area contributed by atoms with Gasteiger partial charge in [0.2, 0.25) is 0 Å². The Labute approximate surface area is 91.2 Å². The minimum atomic E-state index is -0.684. The van der Waals surface area contributed by atoms with Gasteiger partial charge in [0.15, 0.2) is 11.0 Å². The first-order valence-corrected chi connectivity index (χ1v) is 4.38. The highest BCUT2D eigenvalue weighted by Crippen LogP contribution is 2.13. The number of rotatable bonds is 1. The Morgan fingerprint density at radius 3 is 3.13 bits per heavy atom. The number of esters is 1. The molecular weight excluding hydrogens is 221 g/mol. The molecular formula is C10H7ClFNO2. The number of hydrogen-bond donors (Lipinski definition) is 0. The van der Waals surface area contributed by atoms with E-state index in [1.807, 2.05) is 0 Å². The Balaban J connectivity index is 2.80. The number of aromatic nitrogens is 1. The van der Waals surface area contributed by atoms with Gasteiger partial charge in [-0.25, -0.2) is 9.37 Å². The summed E-state index contributed by atoms with van der Waals surface area (Å²) in [4.78, 5) is 14.2. The summed E-state index contributed by atoms with van der Waals surface area (Å²) in [5.74, 6) is 3.79. The first-order valence-electron chi connectivity index (χ1n) is 4.01. The van der Waals surface area contributed by atoms with Crippen LogP contribution in [0.3, 0.4) is 0 Å². The van der Waals surface area contributed by atoms with Gasteiger partial charge >= 0.3 is 5.97 Å². The fourth-order valence-electron chi connectivity index (χ4n) is 0.799. The van der Waals surface area contributed by atoms with Crippen molar-refractivity contribution in [3.63, 3.8) is 0 Å². The van der Waals surface area contributed by atoms with E-state index in [1.54, 1.807) is 0 Å². The van der Waals surface area contributed by atoms with Crippen molar-refractivity contribution in [1.29, 1.82) is 0 Å². The monoisotopic (exact) mass is 227 g/mol. The number of nitrogens with zero attached hydrogens (tertiary/aromatic N) is 1. The first-order chi connectivity index (χ1) is 7.15. The van der Waals surface area contributed by atoms with Crippen molar-refractivity contribution in [3.8, 4) is 11.8 Å². The molecule has 0 unspecified atom stereocenters. The van der Waals surface area contributed by atoms with Crippen LogP contribution in [-0.2, 0) is 9.53 Å². The maximum Gasteiger partial charge on any atom is 0.317 e. The molecule has 0 saturated carbocycles. The van der Waals surface area contributed by atoms with Crippen LogP contribution < -0.4 is 0 Å². The molecule has 0 fully saturated rings. The van der Waals surface area contributed by atoms with Crippen LogP contribution in [0, 0.1) is 17.7 Å². The number of carbonyl (C=O) groups is 1. The molecule has 0 aromatic carbocycles. The molecule has 0 atom stereocenters. The summed E-state index contributed by atoms with van der Waals surface area (Å²) in [7, 11) is 1.26. The van der Waals surface area contributed by atoms with Gasteiger partial charge in [-0.2, -0.15) is 0 Å². The highest BCUT2D eigenvalue weighted by Gasteiger charge is 2.04. The molecule has 0 aliphatic rings. The van der Waals surface area contributed by atoms with Crippen molar-refractivity contribution in [2.45, 2.75) is 6.42 Å². The summed E-state index contributed by atoms with van der Waals surface area (Å²) in [6, 6.07) is 1.38. The van der Waals surface area contributed by atoms with Gasteiger partial charge in [-0.15, -0.1) is 0 Å². The van der Waals surface area contributed by atoms with Crippen LogP contribution in [0.4, 0.5) is 4.39 Å². The van der Waals surface area contributed by atoms with Crippen LogP contribution in [0.15, 0.2) is 12.3 Å². The fourth-order valence-corrected chi connectivity index (χ4v) is 0.957. The molecule has 78 valence electrons. The summed E-state index contributed by atoms with van der Waals surface area (Å²) >= 11 is 5.44. The molecule has 0 N–H and O–H groups in total. The Kier molecular flexibility index (Phi) is 4.07. The molecule has 15 heavy (non-hydrogen) atoms. The smallest absolute Gasteiger partial charge is 0.317 e. The van der Waals surface area contributed by atoms with Crippen LogP contribution in [0.2, 0.25) is 5.15 Å². The molecule has 0 amide bonds. The molecule has 0 spiro atoms. The minimum Gasteiger partial charge on any atom is -0.468 e. The second-order valence-corrected chi connectivity index (χ2v) is 2.88. The standard InChI is InChI=1S/C10H7ClFNO2/c1-15-8(14)4-2-3-7-5-6-13-10(11)9(7)12/h5-6H,4H2,1H3. The van der Waals surface area contributed by atoms with Crippen LogP contribution in [0.5, 0.6) is 0 Å². The fraction of sp³-hybridized carbons (Fsp3) is 0.200. The molecule has 0 aliphatic carbocycles. The van der Waals surface area contributed by atoms with Gasteiger partial charge in [-0.05, 0) is 6.07 Å². The summed E-state index contributed by atoms with van der Waals surface area (Å²) in [6.45, 7) is 0. The van der Waals surface area contributed by atoms with Crippen molar-refractivity contribution in [2.24, 2.45) is 0 Å². The topological polar surface area (TPSA) is 39.2 Å². The van der Waals surface area contributed by atoms with Crippen LogP contribution in [-0.4, -0.2) is 18.1 Å². The molecule has 1 aromatic heterocycles. The lowest BCUT2D eigenvalue weighted by Gasteiger charge is -1.94. The van der Waals surface area contributed by atoms with Gasteiger partial charge in [0.05, 0.1) is 12.7 Å². The van der Waals surface area contributed by atoms with Gasteiger partial charge in [0, 0.05) is 6.20 Å². The number of carbonyl (C=O) groups excluding carboxylic acids is 1. The van der Waals surface area contributed by atoms with Gasteiger partial charge in [0.1, 0.15) is 6.42 Å². The normalized spacial score (nSPS) is 9.00. The number of halogens is 2. The lowest BCUT2D eigenvalue weighted by molar-refractivity contribution is -0.139. The van der Waals surface area contributed by atoms with Crippen molar-refractivity contribution in [1.82, 2.24) is 4.98 Å². The maximum atomic E-state index is 13.2. The Morgan fingerprint density at radius 1 is 1.73 bits per heavy atom. The average molecular weight is 228 g/mol. The summed E-state index contributed by atoms with van der Waals surface area (Å²) in [6.07, 6.45) is 1.25. The SMILES string of the molecule is COC(=O)CC#Cc1ccnc(Cl)c1F. The van der Waals surface area contributed by atoms with E-state index < -0.39 is 11.8 Å². The number of methoxy groups -OCH3 is 1.